The summed E-state index contributed by atoms with van der Waals surface area (Å²) in [6.07, 6.45) is 2.14. The van der Waals surface area contributed by atoms with Crippen LogP contribution in [0.5, 0.6) is 0 Å². The molecule has 1 N–H and O–H groups in total. The Labute approximate surface area is 113 Å². The van der Waals surface area contributed by atoms with Crippen molar-refractivity contribution < 1.29 is 23.1 Å². The fourth-order valence-corrected chi connectivity index (χ4v) is 4.83. The van der Waals surface area contributed by atoms with Crippen LogP contribution in [0.1, 0.15) is 32.6 Å². The molecule has 0 radical (unpaired) electrons. The van der Waals surface area contributed by atoms with Gasteiger partial charge in [0.1, 0.15) is 0 Å². The number of hydrogen-bond acceptors (Lipinski definition) is 4. The maximum Gasteiger partial charge on any atom is 0.310 e. The highest BCUT2D eigenvalue weighted by Crippen LogP contribution is 2.33. The van der Waals surface area contributed by atoms with Crippen LogP contribution in [0.25, 0.3) is 0 Å². The number of carboxylic acid groups (broad SMARTS) is 1. The molecule has 0 aromatic carbocycles. The first-order valence-electron chi connectivity index (χ1n) is 6.66. The maximum atomic E-state index is 12.5. The fourth-order valence-electron chi connectivity index (χ4n) is 2.77. The van der Waals surface area contributed by atoms with Crippen LogP contribution in [-0.4, -0.2) is 55.4 Å². The zero-order valence-corrected chi connectivity index (χ0v) is 12.0. The molecular formula is C12H21NO5S. The van der Waals surface area contributed by atoms with E-state index in [2.05, 4.69) is 0 Å². The van der Waals surface area contributed by atoms with Crippen molar-refractivity contribution in [3.8, 4) is 0 Å². The summed E-state index contributed by atoms with van der Waals surface area (Å²) >= 11 is 0. The SMILES string of the molecule is CC1(C(=O)O)CCCN(S(=O)(=O)C2CCOCC2)C1. The molecule has 110 valence electrons. The van der Waals surface area contributed by atoms with Gasteiger partial charge in [-0.3, -0.25) is 4.79 Å². The molecular weight excluding hydrogens is 270 g/mol. The second kappa shape index (κ2) is 5.38. The van der Waals surface area contributed by atoms with E-state index in [1.165, 1.54) is 4.31 Å². The Bertz CT molecular complexity index is 443. The quantitative estimate of drug-likeness (QED) is 0.826. The number of piperidine rings is 1. The predicted molar refractivity (Wildman–Crippen MR) is 69.3 cm³/mol. The van der Waals surface area contributed by atoms with Crippen LogP contribution in [0, 0.1) is 5.41 Å². The summed E-state index contributed by atoms with van der Waals surface area (Å²) in [4.78, 5) is 11.3. The lowest BCUT2D eigenvalue weighted by Crippen LogP contribution is -2.51. The summed E-state index contributed by atoms with van der Waals surface area (Å²) in [5, 5.41) is 8.83. The minimum atomic E-state index is -3.40. The van der Waals surface area contributed by atoms with Gasteiger partial charge in [0, 0.05) is 26.3 Å². The Kier molecular flexibility index (Phi) is 4.17. The van der Waals surface area contributed by atoms with E-state index < -0.39 is 26.7 Å². The molecule has 2 aliphatic rings. The second-order valence-electron chi connectivity index (χ2n) is 5.66. The molecule has 1 atom stereocenters. The molecule has 19 heavy (non-hydrogen) atoms. The highest BCUT2D eigenvalue weighted by Gasteiger charge is 2.43. The third kappa shape index (κ3) is 2.93. The first-order chi connectivity index (χ1) is 8.86. The van der Waals surface area contributed by atoms with Crippen LogP contribution in [0.2, 0.25) is 0 Å². The molecule has 0 aliphatic carbocycles. The molecule has 0 spiro atoms. The molecule has 6 nitrogen and oxygen atoms in total. The average Bonchev–Trinajstić information content (AvgIpc) is 2.39. The second-order valence-corrected chi connectivity index (χ2v) is 7.87. The lowest BCUT2D eigenvalue weighted by atomic mass is 9.83. The van der Waals surface area contributed by atoms with E-state index in [1.807, 2.05) is 0 Å². The van der Waals surface area contributed by atoms with Gasteiger partial charge in [0.05, 0.1) is 10.7 Å². The van der Waals surface area contributed by atoms with Crippen molar-refractivity contribution in [1.29, 1.82) is 0 Å². The minimum Gasteiger partial charge on any atom is -0.481 e. The van der Waals surface area contributed by atoms with Crippen molar-refractivity contribution in [3.05, 3.63) is 0 Å². The summed E-state index contributed by atoms with van der Waals surface area (Å²) in [6.45, 7) is 3.08. The molecule has 2 aliphatic heterocycles. The highest BCUT2D eigenvalue weighted by atomic mass is 32.2. The summed E-state index contributed by atoms with van der Waals surface area (Å²) in [5.41, 5.74) is -0.962. The maximum absolute atomic E-state index is 12.5. The zero-order valence-electron chi connectivity index (χ0n) is 11.2. The lowest BCUT2D eigenvalue weighted by molar-refractivity contribution is -0.150. The number of nitrogens with zero attached hydrogens (tertiary/aromatic N) is 1. The van der Waals surface area contributed by atoms with Gasteiger partial charge in [-0.1, -0.05) is 0 Å². The van der Waals surface area contributed by atoms with Gasteiger partial charge in [0.25, 0.3) is 0 Å². The zero-order chi connectivity index (χ0) is 14.1. The standard InChI is InChI=1S/C12H21NO5S/c1-12(11(14)15)5-2-6-13(9-12)19(16,17)10-3-7-18-8-4-10/h10H,2-9H2,1H3,(H,14,15). The first kappa shape index (κ1) is 14.7. The number of sulfonamides is 1. The van der Waals surface area contributed by atoms with E-state index in [0.717, 1.165) is 0 Å². The predicted octanol–water partition coefficient (Wildman–Crippen LogP) is 0.682. The molecule has 1 unspecified atom stereocenters. The molecule has 0 aromatic rings. The van der Waals surface area contributed by atoms with E-state index in [9.17, 15) is 18.3 Å². The third-order valence-electron chi connectivity index (χ3n) is 4.13. The van der Waals surface area contributed by atoms with Gasteiger partial charge in [-0.05, 0) is 32.6 Å². The molecule has 2 heterocycles. The average molecular weight is 291 g/mol. The summed E-state index contributed by atoms with van der Waals surface area (Å²) < 4.78 is 31.6. The van der Waals surface area contributed by atoms with Crippen LogP contribution < -0.4 is 0 Å². The van der Waals surface area contributed by atoms with Crippen molar-refractivity contribution >= 4 is 16.0 Å². The topological polar surface area (TPSA) is 83.9 Å². The number of hydrogen-bond donors (Lipinski definition) is 1. The highest BCUT2D eigenvalue weighted by molar-refractivity contribution is 7.89. The Morgan fingerprint density at radius 3 is 2.58 bits per heavy atom. The van der Waals surface area contributed by atoms with Crippen LogP contribution in [-0.2, 0) is 19.6 Å². The molecule has 0 saturated carbocycles. The molecule has 0 bridgehead atoms. The normalized spacial score (nSPS) is 31.2. The Hall–Kier alpha value is -0.660. The van der Waals surface area contributed by atoms with Crippen LogP contribution in [0.15, 0.2) is 0 Å². The van der Waals surface area contributed by atoms with Gasteiger partial charge in [-0.25, -0.2) is 12.7 Å². The van der Waals surface area contributed by atoms with Gasteiger partial charge < -0.3 is 9.84 Å². The Morgan fingerprint density at radius 1 is 1.37 bits per heavy atom. The van der Waals surface area contributed by atoms with Gasteiger partial charge in [0.2, 0.25) is 10.0 Å². The van der Waals surface area contributed by atoms with Crippen LogP contribution in [0.4, 0.5) is 0 Å². The minimum absolute atomic E-state index is 0.0853. The van der Waals surface area contributed by atoms with E-state index in [1.54, 1.807) is 6.92 Å². The third-order valence-corrected chi connectivity index (χ3v) is 6.47. The Balaban J connectivity index is 2.14. The number of aliphatic carboxylic acids is 1. The lowest BCUT2D eigenvalue weighted by Gasteiger charge is -2.38. The molecule has 0 amide bonds. The van der Waals surface area contributed by atoms with Gasteiger partial charge in [0.15, 0.2) is 0 Å². The van der Waals surface area contributed by atoms with Crippen molar-refractivity contribution in [2.75, 3.05) is 26.3 Å². The van der Waals surface area contributed by atoms with Gasteiger partial charge >= 0.3 is 5.97 Å². The van der Waals surface area contributed by atoms with Crippen molar-refractivity contribution in [3.63, 3.8) is 0 Å². The Morgan fingerprint density at radius 2 is 2.00 bits per heavy atom. The monoisotopic (exact) mass is 291 g/mol. The van der Waals surface area contributed by atoms with Crippen LogP contribution >= 0.6 is 0 Å². The smallest absolute Gasteiger partial charge is 0.310 e. The first-order valence-corrected chi connectivity index (χ1v) is 8.17. The van der Waals surface area contributed by atoms with E-state index >= 15 is 0 Å². The molecule has 2 saturated heterocycles. The van der Waals surface area contributed by atoms with E-state index in [4.69, 9.17) is 4.74 Å². The number of carbonyl (C=O) groups is 1. The number of ether oxygens (including phenoxy) is 1. The summed E-state index contributed by atoms with van der Waals surface area (Å²) in [6, 6.07) is 0. The molecule has 7 heteroatoms. The van der Waals surface area contributed by atoms with E-state index in [-0.39, 0.29) is 6.54 Å². The van der Waals surface area contributed by atoms with E-state index in [0.29, 0.717) is 45.4 Å². The summed E-state index contributed by atoms with van der Waals surface area (Å²) in [7, 11) is -3.40. The van der Waals surface area contributed by atoms with Gasteiger partial charge in [-0.15, -0.1) is 0 Å². The number of rotatable bonds is 3. The van der Waals surface area contributed by atoms with Crippen molar-refractivity contribution in [2.45, 2.75) is 37.9 Å². The van der Waals surface area contributed by atoms with Crippen LogP contribution in [0.3, 0.4) is 0 Å². The largest absolute Gasteiger partial charge is 0.481 e. The molecule has 0 aromatic heterocycles. The number of carboxylic acids is 1. The molecule has 2 fully saturated rings. The van der Waals surface area contributed by atoms with Crippen molar-refractivity contribution in [2.24, 2.45) is 5.41 Å². The van der Waals surface area contributed by atoms with Gasteiger partial charge in [-0.2, -0.15) is 0 Å². The molecule has 2 rings (SSSR count). The summed E-state index contributed by atoms with van der Waals surface area (Å²) in [5.74, 6) is -0.917. The van der Waals surface area contributed by atoms with Crippen molar-refractivity contribution in [1.82, 2.24) is 4.31 Å². The fraction of sp³-hybridized carbons (Fsp3) is 0.917.